The summed E-state index contributed by atoms with van der Waals surface area (Å²) in [7, 11) is 0. The first-order valence-electron chi connectivity index (χ1n) is 14.5. The Hall–Kier alpha value is -3.16. The summed E-state index contributed by atoms with van der Waals surface area (Å²) < 4.78 is 11.3. The molecule has 0 aliphatic carbocycles. The summed E-state index contributed by atoms with van der Waals surface area (Å²) in [6, 6.07) is 12.6. The van der Waals surface area contributed by atoms with Crippen molar-refractivity contribution in [3.8, 4) is 5.75 Å². The van der Waals surface area contributed by atoms with Gasteiger partial charge in [0.05, 0.1) is 32.4 Å². The maximum atomic E-state index is 14.0. The maximum Gasteiger partial charge on any atom is 0.295 e. The Labute approximate surface area is 238 Å². The van der Waals surface area contributed by atoms with Gasteiger partial charge in [-0.1, -0.05) is 70.7 Å². The van der Waals surface area contributed by atoms with E-state index in [0.29, 0.717) is 30.4 Å². The van der Waals surface area contributed by atoms with Crippen LogP contribution < -0.4 is 14.7 Å². The number of amides is 1. The van der Waals surface area contributed by atoms with Crippen molar-refractivity contribution in [1.82, 2.24) is 4.90 Å². The molecular formula is C33H44N2O5. The van der Waals surface area contributed by atoms with Crippen LogP contribution in [0.3, 0.4) is 0 Å². The number of aryl methyl sites for hydroxylation is 1. The van der Waals surface area contributed by atoms with E-state index in [1.54, 1.807) is 17.0 Å². The van der Waals surface area contributed by atoms with Crippen LogP contribution in [-0.2, 0) is 19.7 Å². The molecule has 2 aromatic carbocycles. The van der Waals surface area contributed by atoms with E-state index >= 15 is 0 Å². The Morgan fingerprint density at radius 1 is 1.10 bits per heavy atom. The molecule has 0 spiro atoms. The van der Waals surface area contributed by atoms with Gasteiger partial charge in [-0.15, -0.1) is 0 Å². The standard InChI is InChI=1S/C33H44N2O5/c1-22(2)21-40-26-12-13-27(23(3)20-26)30(36)28-29(24-8-10-25(11-9-24)33(4,5)6)35(32(38)31(28)37)15-7-14-34-16-18-39-19-17-34/h8-13,20,22,29,36H,7,14-19,21H2,1-6H3/b30-28+. The number of morpholine rings is 1. The van der Waals surface area contributed by atoms with Crippen molar-refractivity contribution in [2.24, 2.45) is 5.92 Å². The van der Waals surface area contributed by atoms with Crippen molar-refractivity contribution < 1.29 is 29.1 Å². The molecular weight excluding hydrogens is 504 g/mol. The summed E-state index contributed by atoms with van der Waals surface area (Å²) in [5, 5.41) is 14.0. The zero-order valence-electron chi connectivity index (χ0n) is 24.8. The fraction of sp³-hybridized carbons (Fsp3) is 0.515. The first kappa shape index (κ1) is 29.8. The van der Waals surface area contributed by atoms with Crippen molar-refractivity contribution in [2.45, 2.75) is 59.4 Å². The molecule has 4 rings (SSSR count). The summed E-state index contributed by atoms with van der Waals surface area (Å²) in [6.07, 6.45) is 0.743. The molecule has 7 heteroatoms. The van der Waals surface area contributed by atoms with Gasteiger partial charge in [-0.3, -0.25) is 9.59 Å². The number of ether oxygens (including phenoxy) is 2. The first-order valence-corrected chi connectivity index (χ1v) is 14.5. The lowest BCUT2D eigenvalue weighted by Crippen LogP contribution is -3.14. The summed E-state index contributed by atoms with van der Waals surface area (Å²) >= 11 is 0. The molecule has 1 N–H and O–H groups in total. The van der Waals surface area contributed by atoms with Gasteiger partial charge in [-0.2, -0.15) is 0 Å². The number of nitrogens with zero attached hydrogens (tertiary/aromatic N) is 1. The van der Waals surface area contributed by atoms with Crippen molar-refractivity contribution in [3.05, 3.63) is 70.3 Å². The zero-order valence-corrected chi connectivity index (χ0v) is 24.8. The monoisotopic (exact) mass is 548 g/mol. The lowest BCUT2D eigenvalue weighted by atomic mass is 9.85. The fourth-order valence-corrected chi connectivity index (χ4v) is 5.41. The van der Waals surface area contributed by atoms with Gasteiger partial charge in [0.2, 0.25) is 5.78 Å². The van der Waals surface area contributed by atoms with Gasteiger partial charge in [0, 0.05) is 18.5 Å². The normalized spacial score (nSPS) is 20.0. The second kappa shape index (κ2) is 12.6. The van der Waals surface area contributed by atoms with Crippen LogP contribution in [0.15, 0.2) is 48.0 Å². The van der Waals surface area contributed by atoms with Crippen LogP contribution in [0.5, 0.6) is 5.75 Å². The second-order valence-corrected chi connectivity index (χ2v) is 12.5. The summed E-state index contributed by atoms with van der Waals surface area (Å²) in [5.74, 6) is -0.630. The van der Waals surface area contributed by atoms with Gasteiger partial charge in [0.1, 0.15) is 18.8 Å². The number of hydrogen-bond donors (Lipinski definition) is 1. The van der Waals surface area contributed by atoms with Crippen molar-refractivity contribution in [3.63, 3.8) is 0 Å². The number of ketones is 1. The van der Waals surface area contributed by atoms with E-state index < -0.39 is 23.5 Å². The molecule has 2 aliphatic heterocycles. The molecule has 216 valence electrons. The molecule has 7 nitrogen and oxygen atoms in total. The third-order valence-electron chi connectivity index (χ3n) is 7.78. The molecule has 0 saturated carbocycles. The summed E-state index contributed by atoms with van der Waals surface area (Å²) in [6.45, 7) is 17.7. The van der Waals surface area contributed by atoms with Gasteiger partial charge in [0.25, 0.3) is 5.91 Å². The van der Waals surface area contributed by atoms with Crippen LogP contribution >= 0.6 is 0 Å². The predicted molar refractivity (Wildman–Crippen MR) is 154 cm³/mol. The van der Waals surface area contributed by atoms with E-state index in [0.717, 1.165) is 56.0 Å². The van der Waals surface area contributed by atoms with Crippen LogP contribution in [-0.4, -0.2) is 62.6 Å². The second-order valence-electron chi connectivity index (χ2n) is 12.5. The number of nitrogens with one attached hydrogen (secondary N) is 1. The van der Waals surface area contributed by atoms with Crippen LogP contribution in [0.1, 0.15) is 69.3 Å². The molecule has 2 aromatic rings. The minimum Gasteiger partial charge on any atom is -0.872 e. The molecule has 2 aliphatic rings. The van der Waals surface area contributed by atoms with Crippen molar-refractivity contribution in [1.29, 1.82) is 0 Å². The van der Waals surface area contributed by atoms with Crippen LogP contribution in [0, 0.1) is 12.8 Å². The lowest BCUT2D eigenvalue weighted by Gasteiger charge is -2.29. The molecule has 1 amide bonds. The van der Waals surface area contributed by atoms with Crippen LogP contribution in [0.2, 0.25) is 0 Å². The average Bonchev–Trinajstić information content (AvgIpc) is 3.17. The minimum absolute atomic E-state index is 0.0335. The number of benzene rings is 2. The topological polar surface area (TPSA) is 83.3 Å². The number of Topliss-reactive ketones (excluding diaryl/α,β-unsaturated/α-hetero) is 1. The SMILES string of the molecule is Cc1cc(OCC(C)C)ccc1/C([O-])=C1\C(=O)C(=O)N(CCC[NH+]2CCOCC2)C1c1ccc(C(C)(C)C)cc1. The van der Waals surface area contributed by atoms with E-state index in [4.69, 9.17) is 9.47 Å². The molecule has 1 atom stereocenters. The molecule has 0 bridgehead atoms. The number of rotatable bonds is 9. The zero-order chi connectivity index (χ0) is 29.0. The van der Waals surface area contributed by atoms with E-state index in [9.17, 15) is 14.7 Å². The van der Waals surface area contributed by atoms with E-state index in [1.807, 2.05) is 37.3 Å². The van der Waals surface area contributed by atoms with Crippen molar-refractivity contribution in [2.75, 3.05) is 46.0 Å². The highest BCUT2D eigenvalue weighted by molar-refractivity contribution is 6.46. The van der Waals surface area contributed by atoms with E-state index in [1.165, 1.54) is 4.90 Å². The summed E-state index contributed by atoms with van der Waals surface area (Å²) in [4.78, 5) is 29.9. The first-order chi connectivity index (χ1) is 19.0. The predicted octanol–water partition coefficient (Wildman–Crippen LogP) is 2.86. The quantitative estimate of drug-likeness (QED) is 0.296. The molecule has 2 fully saturated rings. The molecule has 1 unspecified atom stereocenters. The number of likely N-dealkylation sites (tertiary alicyclic amines) is 1. The lowest BCUT2D eigenvalue weighted by molar-refractivity contribution is -0.908. The highest BCUT2D eigenvalue weighted by Crippen LogP contribution is 2.40. The highest BCUT2D eigenvalue weighted by Gasteiger charge is 2.44. The minimum atomic E-state index is -0.711. The number of hydrogen-bond acceptors (Lipinski definition) is 5. The van der Waals surface area contributed by atoms with Gasteiger partial charge in [-0.25, -0.2) is 0 Å². The Bertz CT molecular complexity index is 1240. The molecule has 0 radical (unpaired) electrons. The Kier molecular flexibility index (Phi) is 9.37. The molecule has 2 saturated heterocycles. The Morgan fingerprint density at radius 2 is 1.77 bits per heavy atom. The van der Waals surface area contributed by atoms with Gasteiger partial charge < -0.3 is 24.4 Å². The third-order valence-corrected chi connectivity index (χ3v) is 7.78. The van der Waals surface area contributed by atoms with Gasteiger partial charge >= 0.3 is 0 Å². The number of carbonyl (C=O) groups is 2. The summed E-state index contributed by atoms with van der Waals surface area (Å²) in [5.41, 5.74) is 3.06. The van der Waals surface area contributed by atoms with Crippen LogP contribution in [0.25, 0.3) is 5.76 Å². The van der Waals surface area contributed by atoms with Gasteiger partial charge in [0.15, 0.2) is 0 Å². The van der Waals surface area contributed by atoms with E-state index in [2.05, 4.69) is 34.6 Å². The maximum absolute atomic E-state index is 14.0. The highest BCUT2D eigenvalue weighted by atomic mass is 16.5. The van der Waals surface area contributed by atoms with E-state index in [-0.39, 0.29) is 11.0 Å². The Morgan fingerprint density at radius 3 is 2.38 bits per heavy atom. The van der Waals surface area contributed by atoms with Gasteiger partial charge in [-0.05, 0) is 52.6 Å². The number of quaternary nitrogens is 1. The molecule has 0 aromatic heterocycles. The number of carbonyl (C=O) groups excluding carboxylic acids is 2. The van der Waals surface area contributed by atoms with Crippen LogP contribution in [0.4, 0.5) is 0 Å². The Balaban J connectivity index is 1.69. The molecule has 2 heterocycles. The average molecular weight is 549 g/mol. The fourth-order valence-electron chi connectivity index (χ4n) is 5.41. The van der Waals surface area contributed by atoms with Crippen molar-refractivity contribution >= 4 is 17.4 Å². The largest absolute Gasteiger partial charge is 0.872 e. The smallest absolute Gasteiger partial charge is 0.295 e. The third kappa shape index (κ3) is 6.76. The molecule has 40 heavy (non-hydrogen) atoms.